The van der Waals surface area contributed by atoms with Crippen molar-refractivity contribution < 1.29 is 14.2 Å². The third-order valence-corrected chi connectivity index (χ3v) is 4.99. The molecule has 1 aliphatic rings. The molecule has 0 aliphatic heterocycles. The fourth-order valence-electron chi connectivity index (χ4n) is 3.37. The molecule has 2 amide bonds. The second-order valence-electron chi connectivity index (χ2n) is 7.24. The number of carbonyl (C=O) groups is 2. The zero-order chi connectivity index (χ0) is 20.1. The van der Waals surface area contributed by atoms with Gasteiger partial charge in [-0.15, -0.1) is 0 Å². The molecule has 1 aliphatic carbocycles. The first-order chi connectivity index (χ1) is 13.4. The minimum Gasteiger partial charge on any atom is -0.352 e. The van der Waals surface area contributed by atoms with Gasteiger partial charge in [-0.3, -0.25) is 14.4 Å². The maximum Gasteiger partial charge on any atom is 0.255 e. The van der Waals surface area contributed by atoms with Crippen LogP contribution in [0.2, 0.25) is 0 Å². The van der Waals surface area contributed by atoms with E-state index in [0.29, 0.717) is 17.0 Å². The topological polar surface area (TPSA) is 110 Å². The Kier molecular flexibility index (Phi) is 6.23. The van der Waals surface area contributed by atoms with Gasteiger partial charge in [0.2, 0.25) is 5.91 Å². The van der Waals surface area contributed by atoms with E-state index in [1.807, 2.05) is 0 Å². The number of rotatable bonds is 6. The highest BCUT2D eigenvalue weighted by atomic mass is 16.6. The van der Waals surface area contributed by atoms with Gasteiger partial charge < -0.3 is 14.8 Å². The van der Waals surface area contributed by atoms with Gasteiger partial charge >= 0.3 is 0 Å². The lowest BCUT2D eigenvalue weighted by atomic mass is 9.95. The fourth-order valence-corrected chi connectivity index (χ4v) is 3.37. The summed E-state index contributed by atoms with van der Waals surface area (Å²) >= 11 is 0. The van der Waals surface area contributed by atoms with Crippen LogP contribution in [0.1, 0.15) is 53.8 Å². The molecule has 1 fully saturated rings. The van der Waals surface area contributed by atoms with Gasteiger partial charge in [-0.1, -0.05) is 29.6 Å². The molecule has 0 atom stereocenters. The van der Waals surface area contributed by atoms with E-state index in [-0.39, 0.29) is 36.5 Å². The summed E-state index contributed by atoms with van der Waals surface area (Å²) in [5.41, 5.74) is 1.18. The van der Waals surface area contributed by atoms with Gasteiger partial charge in [0.15, 0.2) is 0 Å². The summed E-state index contributed by atoms with van der Waals surface area (Å²) in [7, 11) is 1.63. The molecule has 2 aromatic rings. The number of nitrogens with zero attached hydrogens (tertiary/aromatic N) is 4. The first kappa shape index (κ1) is 19.8. The molecule has 0 radical (unpaired) electrons. The summed E-state index contributed by atoms with van der Waals surface area (Å²) in [6.07, 6.45) is 6.80. The van der Waals surface area contributed by atoms with Crippen molar-refractivity contribution >= 4 is 11.8 Å². The smallest absolute Gasteiger partial charge is 0.255 e. The monoisotopic (exact) mass is 387 g/mol. The average Bonchev–Trinajstić information content (AvgIpc) is 3.08. The predicted octanol–water partition coefficient (Wildman–Crippen LogP) is 1.26. The van der Waals surface area contributed by atoms with E-state index in [2.05, 4.69) is 20.3 Å². The molecule has 2 aromatic heterocycles. The van der Waals surface area contributed by atoms with Crippen molar-refractivity contribution in [3.05, 3.63) is 45.6 Å². The Labute approximate surface area is 162 Å². The van der Waals surface area contributed by atoms with E-state index in [1.165, 1.54) is 34.2 Å². The van der Waals surface area contributed by atoms with Crippen LogP contribution in [0.25, 0.3) is 0 Å². The van der Waals surface area contributed by atoms with Crippen molar-refractivity contribution in [1.82, 2.24) is 25.1 Å². The first-order valence-corrected chi connectivity index (χ1v) is 9.47. The molecule has 9 nitrogen and oxygen atoms in total. The number of carbonyl (C=O) groups excluding carboxylic acids is 2. The van der Waals surface area contributed by atoms with Gasteiger partial charge in [0.05, 0.1) is 12.1 Å². The molecule has 3 rings (SSSR count). The van der Waals surface area contributed by atoms with Crippen LogP contribution < -0.4 is 10.9 Å². The Morgan fingerprint density at radius 3 is 2.68 bits per heavy atom. The summed E-state index contributed by atoms with van der Waals surface area (Å²) in [4.78, 5) is 38.6. The van der Waals surface area contributed by atoms with Crippen molar-refractivity contribution in [2.45, 2.75) is 58.2 Å². The van der Waals surface area contributed by atoms with Crippen LogP contribution in [0.3, 0.4) is 0 Å². The summed E-state index contributed by atoms with van der Waals surface area (Å²) < 4.78 is 5.91. The van der Waals surface area contributed by atoms with Crippen molar-refractivity contribution in [2.24, 2.45) is 0 Å². The Morgan fingerprint density at radius 2 is 2.00 bits per heavy atom. The second kappa shape index (κ2) is 8.81. The summed E-state index contributed by atoms with van der Waals surface area (Å²) in [6.45, 7) is 1.87. The van der Waals surface area contributed by atoms with Crippen LogP contribution in [0, 0.1) is 6.92 Å². The van der Waals surface area contributed by atoms with Crippen LogP contribution in [-0.4, -0.2) is 44.7 Å². The van der Waals surface area contributed by atoms with Gasteiger partial charge in [0.25, 0.3) is 11.5 Å². The molecular weight excluding hydrogens is 362 g/mol. The van der Waals surface area contributed by atoms with Gasteiger partial charge in [0, 0.05) is 25.4 Å². The predicted molar refractivity (Wildman–Crippen MR) is 101 cm³/mol. The number of aromatic nitrogens is 3. The Hall–Kier alpha value is -2.97. The molecule has 2 heterocycles. The van der Waals surface area contributed by atoms with Crippen molar-refractivity contribution in [3.63, 3.8) is 0 Å². The van der Waals surface area contributed by atoms with E-state index in [0.717, 1.165) is 25.7 Å². The standard InChI is InChI=1S/C19H25N5O4/c1-13-16(22-28-21-13)11-23(2)19(27)14-8-9-18(26)24(10-14)12-17(25)20-15-6-4-3-5-7-15/h8-10,15H,3-7,11-12H2,1-2H3,(H,20,25). The van der Waals surface area contributed by atoms with E-state index < -0.39 is 0 Å². The Balaban J connectivity index is 1.66. The van der Waals surface area contributed by atoms with Gasteiger partial charge in [-0.05, 0) is 25.8 Å². The third-order valence-electron chi connectivity index (χ3n) is 4.99. The lowest BCUT2D eigenvalue weighted by molar-refractivity contribution is -0.122. The molecule has 0 aromatic carbocycles. The third kappa shape index (κ3) is 4.85. The minimum atomic E-state index is -0.324. The highest BCUT2D eigenvalue weighted by molar-refractivity contribution is 5.93. The molecule has 0 spiro atoms. The van der Waals surface area contributed by atoms with Crippen molar-refractivity contribution in [1.29, 1.82) is 0 Å². The van der Waals surface area contributed by atoms with Gasteiger partial charge in [0.1, 0.15) is 17.9 Å². The molecule has 150 valence electrons. The van der Waals surface area contributed by atoms with Gasteiger partial charge in [-0.2, -0.15) is 0 Å². The quantitative estimate of drug-likeness (QED) is 0.799. The highest BCUT2D eigenvalue weighted by Crippen LogP contribution is 2.17. The Bertz CT molecular complexity index is 898. The van der Waals surface area contributed by atoms with E-state index in [1.54, 1.807) is 14.0 Å². The first-order valence-electron chi connectivity index (χ1n) is 9.47. The van der Waals surface area contributed by atoms with Crippen LogP contribution in [0.15, 0.2) is 27.8 Å². The van der Waals surface area contributed by atoms with Gasteiger partial charge in [-0.25, -0.2) is 4.63 Å². The number of hydrogen-bond acceptors (Lipinski definition) is 6. The molecule has 28 heavy (non-hydrogen) atoms. The number of pyridine rings is 1. The van der Waals surface area contributed by atoms with Crippen LogP contribution in [0.5, 0.6) is 0 Å². The second-order valence-corrected chi connectivity index (χ2v) is 7.24. The maximum atomic E-state index is 12.7. The van der Waals surface area contributed by atoms with Crippen molar-refractivity contribution in [2.75, 3.05) is 7.05 Å². The zero-order valence-corrected chi connectivity index (χ0v) is 16.2. The molecule has 0 unspecified atom stereocenters. The molecule has 1 saturated carbocycles. The van der Waals surface area contributed by atoms with E-state index in [9.17, 15) is 14.4 Å². The summed E-state index contributed by atoms with van der Waals surface area (Å²) in [6, 6.07) is 2.94. The maximum absolute atomic E-state index is 12.7. The number of amides is 2. The molecule has 0 bridgehead atoms. The SMILES string of the molecule is Cc1nonc1CN(C)C(=O)c1ccc(=O)n(CC(=O)NC2CCCCC2)c1. The highest BCUT2D eigenvalue weighted by Gasteiger charge is 2.18. The van der Waals surface area contributed by atoms with E-state index in [4.69, 9.17) is 0 Å². The minimum absolute atomic E-state index is 0.105. The number of nitrogens with one attached hydrogen (secondary N) is 1. The van der Waals surface area contributed by atoms with Crippen LogP contribution >= 0.6 is 0 Å². The molecular formula is C19H25N5O4. The largest absolute Gasteiger partial charge is 0.352 e. The lowest BCUT2D eigenvalue weighted by Crippen LogP contribution is -2.40. The summed E-state index contributed by atoms with van der Waals surface area (Å²) in [5.74, 6) is -0.500. The Morgan fingerprint density at radius 1 is 1.25 bits per heavy atom. The van der Waals surface area contributed by atoms with Crippen LogP contribution in [-0.2, 0) is 17.9 Å². The van der Waals surface area contributed by atoms with Crippen molar-refractivity contribution in [3.8, 4) is 0 Å². The van der Waals surface area contributed by atoms with E-state index >= 15 is 0 Å². The number of hydrogen-bond donors (Lipinski definition) is 1. The molecule has 0 saturated heterocycles. The zero-order valence-electron chi connectivity index (χ0n) is 16.2. The van der Waals surface area contributed by atoms with Crippen LogP contribution in [0.4, 0.5) is 0 Å². The normalized spacial score (nSPS) is 14.6. The summed E-state index contributed by atoms with van der Waals surface area (Å²) in [5, 5.41) is 10.4. The molecule has 9 heteroatoms. The lowest BCUT2D eigenvalue weighted by Gasteiger charge is -2.23. The molecule has 1 N–H and O–H groups in total. The average molecular weight is 387 g/mol. The number of aryl methyl sites for hydroxylation is 1. The fraction of sp³-hybridized carbons (Fsp3) is 0.526.